The Hall–Kier alpha value is -0.597. The zero-order valence-corrected chi connectivity index (χ0v) is 10.6. The van der Waals surface area contributed by atoms with Gasteiger partial charge < -0.3 is 0 Å². The molecule has 3 aliphatic rings. The number of fused-ring (bicyclic) bond motifs is 6. The first kappa shape index (κ1) is 10.9. The zero-order valence-electron chi connectivity index (χ0n) is 8.52. The summed E-state index contributed by atoms with van der Waals surface area (Å²) in [5, 5.41) is 0.484. The molecule has 0 atom stereocenters. The summed E-state index contributed by atoms with van der Waals surface area (Å²) in [6, 6.07) is 0. The molecule has 0 radical (unpaired) electrons. The summed E-state index contributed by atoms with van der Waals surface area (Å²) >= 11 is -3.60. The van der Waals surface area contributed by atoms with E-state index in [2.05, 4.69) is 0 Å². The van der Waals surface area contributed by atoms with Gasteiger partial charge in [-0.05, 0) is 0 Å². The van der Waals surface area contributed by atoms with Crippen LogP contribution in [0.1, 0.15) is 6.92 Å². The molecule has 0 aromatic rings. The molecule has 2 bridgehead atoms. The molecule has 0 aromatic carbocycles. The fraction of sp³-hybridized carbons (Fsp3) is 0.750. The van der Waals surface area contributed by atoms with Gasteiger partial charge in [-0.1, -0.05) is 0 Å². The first-order chi connectivity index (χ1) is 7.13. The average Bonchev–Trinajstić information content (AvgIpc) is 2.10. The summed E-state index contributed by atoms with van der Waals surface area (Å²) in [6.07, 6.45) is 0. The minimum atomic E-state index is -3.60. The molecular weight excluding hydrogens is 263 g/mol. The Morgan fingerprint density at radius 3 is 2.40 bits per heavy atom. The van der Waals surface area contributed by atoms with Crippen LogP contribution in [0, 0.1) is 0 Å². The van der Waals surface area contributed by atoms with Crippen LogP contribution in [0.15, 0.2) is 0 Å². The van der Waals surface area contributed by atoms with Crippen LogP contribution < -0.4 is 0 Å². The maximum atomic E-state index is 11.4. The molecule has 15 heavy (non-hydrogen) atoms. The van der Waals surface area contributed by atoms with E-state index in [-0.39, 0.29) is 25.0 Å². The Balaban J connectivity index is 2.26. The van der Waals surface area contributed by atoms with Crippen molar-refractivity contribution in [2.24, 2.45) is 0 Å². The van der Waals surface area contributed by atoms with Crippen molar-refractivity contribution in [1.29, 1.82) is 0 Å². The number of hydrogen-bond donors (Lipinski definition) is 0. The van der Waals surface area contributed by atoms with E-state index in [9.17, 15) is 9.59 Å². The summed E-state index contributed by atoms with van der Waals surface area (Å²) in [5.74, 6) is -0.687. The summed E-state index contributed by atoms with van der Waals surface area (Å²) in [5.41, 5.74) is 0. The molecule has 3 saturated heterocycles. The average molecular weight is 276 g/mol. The molecule has 6 nitrogen and oxygen atoms in total. The molecule has 7 heteroatoms. The molecule has 3 aliphatic heterocycles. The number of nitrogens with zero attached hydrogens (tertiary/aromatic N) is 1. The predicted octanol–water partition coefficient (Wildman–Crippen LogP) is -0.623. The van der Waals surface area contributed by atoms with E-state index >= 15 is 0 Å². The summed E-state index contributed by atoms with van der Waals surface area (Å²) < 4.78 is 15.9. The van der Waals surface area contributed by atoms with Gasteiger partial charge in [-0.3, -0.25) is 0 Å². The van der Waals surface area contributed by atoms with Crippen molar-refractivity contribution >= 4 is 26.2 Å². The molecule has 0 amide bonds. The SMILES string of the molecule is C[CH2][Ge]12[O]CCN(CC(=O)[O]1)CC(=O)[O]2. The second-order valence-corrected chi connectivity index (χ2v) is 9.36. The number of carbonyl (C=O) groups excluding carboxylic acids is 2. The van der Waals surface area contributed by atoms with Gasteiger partial charge in [0.05, 0.1) is 0 Å². The Morgan fingerprint density at radius 2 is 1.87 bits per heavy atom. The van der Waals surface area contributed by atoms with Crippen molar-refractivity contribution in [3.63, 3.8) is 0 Å². The predicted molar refractivity (Wildman–Crippen MR) is 50.8 cm³/mol. The van der Waals surface area contributed by atoms with E-state index in [0.717, 1.165) is 0 Å². The minimum absolute atomic E-state index is 0.158. The third-order valence-electron chi connectivity index (χ3n) is 2.41. The molecule has 3 heterocycles. The van der Waals surface area contributed by atoms with Crippen LogP contribution in [-0.2, 0) is 20.9 Å². The quantitative estimate of drug-likeness (QED) is 0.594. The number of hydrogen-bond acceptors (Lipinski definition) is 6. The summed E-state index contributed by atoms with van der Waals surface area (Å²) in [7, 11) is 0. The Morgan fingerprint density at radius 1 is 1.27 bits per heavy atom. The van der Waals surface area contributed by atoms with Gasteiger partial charge in [0.1, 0.15) is 0 Å². The van der Waals surface area contributed by atoms with Crippen molar-refractivity contribution < 1.29 is 20.9 Å². The number of rotatable bonds is 1. The van der Waals surface area contributed by atoms with Crippen LogP contribution in [0.5, 0.6) is 0 Å². The molecule has 3 fully saturated rings. The van der Waals surface area contributed by atoms with E-state index in [1.807, 2.05) is 6.92 Å². The zero-order chi connectivity index (χ0) is 10.9. The Kier molecular flexibility index (Phi) is 2.99. The van der Waals surface area contributed by atoms with Gasteiger partial charge in [-0.2, -0.15) is 0 Å². The van der Waals surface area contributed by atoms with Gasteiger partial charge in [-0.25, -0.2) is 0 Å². The summed E-state index contributed by atoms with van der Waals surface area (Å²) in [4.78, 5) is 24.5. The fourth-order valence-electron chi connectivity index (χ4n) is 1.65. The molecule has 3 rings (SSSR count). The molecule has 84 valence electrons. The second-order valence-electron chi connectivity index (χ2n) is 3.54. The van der Waals surface area contributed by atoms with Crippen molar-refractivity contribution in [2.45, 2.75) is 12.2 Å². The van der Waals surface area contributed by atoms with Crippen molar-refractivity contribution in [3.8, 4) is 0 Å². The molecule has 0 aliphatic carbocycles. The van der Waals surface area contributed by atoms with Crippen LogP contribution in [0.2, 0.25) is 5.25 Å². The third-order valence-corrected chi connectivity index (χ3v) is 7.83. The maximum absolute atomic E-state index is 11.4. The van der Waals surface area contributed by atoms with Crippen LogP contribution >= 0.6 is 0 Å². The third kappa shape index (κ3) is 2.32. The van der Waals surface area contributed by atoms with E-state index in [0.29, 0.717) is 18.4 Å². The number of carbonyl (C=O) groups is 2. The van der Waals surface area contributed by atoms with Gasteiger partial charge in [0.25, 0.3) is 0 Å². The molecule has 0 N–H and O–H groups in total. The van der Waals surface area contributed by atoms with Gasteiger partial charge >= 0.3 is 90.4 Å². The standard InChI is InChI=1S/C8H13GeNO5/c1-2-9-13-4-3-10(5-7(11)14-9)6-8(12)15-9/h2-6H2,1H3. The van der Waals surface area contributed by atoms with Crippen molar-refractivity contribution in [2.75, 3.05) is 26.2 Å². The van der Waals surface area contributed by atoms with Crippen LogP contribution in [-0.4, -0.2) is 57.4 Å². The molecule has 0 spiro atoms. The van der Waals surface area contributed by atoms with Crippen molar-refractivity contribution in [3.05, 3.63) is 0 Å². The van der Waals surface area contributed by atoms with E-state index in [4.69, 9.17) is 11.3 Å². The molecular formula is C8H13GeNO5. The summed E-state index contributed by atoms with van der Waals surface area (Å²) in [6.45, 7) is 3.18. The van der Waals surface area contributed by atoms with Gasteiger partial charge in [0.2, 0.25) is 0 Å². The van der Waals surface area contributed by atoms with Crippen LogP contribution in [0.4, 0.5) is 0 Å². The monoisotopic (exact) mass is 277 g/mol. The molecule has 0 saturated carbocycles. The van der Waals surface area contributed by atoms with Crippen LogP contribution in [0.3, 0.4) is 0 Å². The fourth-order valence-corrected chi connectivity index (χ4v) is 5.59. The van der Waals surface area contributed by atoms with Gasteiger partial charge in [0, 0.05) is 0 Å². The van der Waals surface area contributed by atoms with Gasteiger partial charge in [0.15, 0.2) is 0 Å². The first-order valence-electron chi connectivity index (χ1n) is 4.93. The topological polar surface area (TPSA) is 65.1 Å². The Bertz CT molecular complexity index is 275. The van der Waals surface area contributed by atoms with E-state index in [1.54, 1.807) is 4.90 Å². The molecule has 0 aromatic heterocycles. The normalized spacial score (nSPS) is 36.2. The van der Waals surface area contributed by atoms with E-state index in [1.165, 1.54) is 0 Å². The second kappa shape index (κ2) is 4.11. The van der Waals surface area contributed by atoms with Gasteiger partial charge in [-0.15, -0.1) is 0 Å². The first-order valence-corrected chi connectivity index (χ1v) is 8.99. The Labute approximate surface area is 90.8 Å². The van der Waals surface area contributed by atoms with Crippen molar-refractivity contribution in [1.82, 2.24) is 4.90 Å². The van der Waals surface area contributed by atoms with E-state index < -0.39 is 14.3 Å². The molecule has 0 unspecified atom stereocenters. The van der Waals surface area contributed by atoms with Crippen LogP contribution in [0.25, 0.3) is 0 Å².